The van der Waals surface area contributed by atoms with Gasteiger partial charge >= 0.3 is 0 Å². The second-order valence-electron chi connectivity index (χ2n) is 3.84. The first kappa shape index (κ1) is 14.9. The first-order valence-corrected chi connectivity index (χ1v) is 5.85. The van der Waals surface area contributed by atoms with E-state index >= 15 is 0 Å². The number of methoxy groups -OCH3 is 1. The van der Waals surface area contributed by atoms with Crippen molar-refractivity contribution in [2.45, 2.75) is 18.9 Å². The zero-order chi connectivity index (χ0) is 13.4. The van der Waals surface area contributed by atoms with Crippen molar-refractivity contribution in [3.8, 4) is 5.75 Å². The van der Waals surface area contributed by atoms with Crippen molar-refractivity contribution in [2.75, 3.05) is 27.4 Å². The van der Waals surface area contributed by atoms with Crippen molar-refractivity contribution in [1.82, 2.24) is 5.32 Å². The number of rotatable bonds is 8. The van der Waals surface area contributed by atoms with Crippen LogP contribution in [0.2, 0.25) is 0 Å². The van der Waals surface area contributed by atoms with Gasteiger partial charge in [-0.3, -0.25) is 0 Å². The largest absolute Gasteiger partial charge is 0.496 e. The van der Waals surface area contributed by atoms with E-state index in [1.165, 1.54) is 0 Å². The Morgan fingerprint density at radius 3 is 2.61 bits per heavy atom. The van der Waals surface area contributed by atoms with Crippen molar-refractivity contribution < 1.29 is 18.3 Å². The average Bonchev–Trinajstić information content (AvgIpc) is 2.38. The summed E-state index contributed by atoms with van der Waals surface area (Å²) in [4.78, 5) is 0. The molecule has 1 rings (SSSR count). The molecule has 0 aliphatic rings. The molecule has 0 radical (unpaired) electrons. The van der Waals surface area contributed by atoms with Gasteiger partial charge in [-0.2, -0.15) is 0 Å². The summed E-state index contributed by atoms with van der Waals surface area (Å²) < 4.78 is 34.0. The number of benzene rings is 1. The zero-order valence-corrected chi connectivity index (χ0v) is 10.7. The third-order valence-electron chi connectivity index (χ3n) is 2.66. The van der Waals surface area contributed by atoms with E-state index in [4.69, 9.17) is 9.47 Å². The van der Waals surface area contributed by atoms with E-state index in [-0.39, 0.29) is 12.6 Å². The van der Waals surface area contributed by atoms with Crippen LogP contribution in [0.4, 0.5) is 8.78 Å². The maximum Gasteiger partial charge on any atom is 0.261 e. The lowest BCUT2D eigenvalue weighted by Crippen LogP contribution is -2.19. The van der Waals surface area contributed by atoms with Crippen LogP contribution >= 0.6 is 0 Å². The molecule has 0 saturated carbocycles. The fourth-order valence-corrected chi connectivity index (χ4v) is 1.78. The van der Waals surface area contributed by atoms with E-state index in [2.05, 4.69) is 5.32 Å². The summed E-state index contributed by atoms with van der Waals surface area (Å²) in [5.41, 5.74) is 1.00. The van der Waals surface area contributed by atoms with Crippen LogP contribution in [0.3, 0.4) is 0 Å². The van der Waals surface area contributed by atoms with Crippen molar-refractivity contribution in [1.29, 1.82) is 0 Å². The van der Waals surface area contributed by atoms with Crippen LogP contribution in [-0.4, -0.2) is 33.8 Å². The summed E-state index contributed by atoms with van der Waals surface area (Å²) in [5, 5.41) is 3.13. The highest BCUT2D eigenvalue weighted by Gasteiger charge is 2.14. The molecule has 0 fully saturated rings. The number of halogens is 2. The van der Waals surface area contributed by atoms with E-state index in [1.54, 1.807) is 7.11 Å². The monoisotopic (exact) mass is 259 g/mol. The first-order valence-electron chi connectivity index (χ1n) is 5.85. The normalized spacial score (nSPS) is 12.7. The summed E-state index contributed by atoms with van der Waals surface area (Å²) in [5.74, 6) is 0.783. The van der Waals surface area contributed by atoms with E-state index in [9.17, 15) is 8.78 Å². The Labute approximate surface area is 106 Å². The molecule has 0 aromatic heterocycles. The fraction of sp³-hybridized carbons (Fsp3) is 0.538. The maximum absolute atomic E-state index is 11.9. The Morgan fingerprint density at radius 2 is 2.00 bits per heavy atom. The average molecular weight is 259 g/mol. The molecule has 0 saturated heterocycles. The molecule has 1 aromatic rings. The molecule has 1 atom stereocenters. The summed E-state index contributed by atoms with van der Waals surface area (Å²) in [6.45, 7) is -0.226. The molecule has 1 N–H and O–H groups in total. The Hall–Kier alpha value is -1.20. The van der Waals surface area contributed by atoms with Gasteiger partial charge in [-0.05, 0) is 19.5 Å². The minimum Gasteiger partial charge on any atom is -0.496 e. The molecule has 0 spiro atoms. The zero-order valence-electron chi connectivity index (χ0n) is 10.7. The Morgan fingerprint density at radius 1 is 1.28 bits per heavy atom. The topological polar surface area (TPSA) is 30.5 Å². The molecular formula is C13H19F2NO2. The number of para-hydroxylation sites is 1. The minimum absolute atomic E-state index is 0.0267. The molecule has 5 heteroatoms. The second kappa shape index (κ2) is 8.00. The predicted molar refractivity (Wildman–Crippen MR) is 66.2 cm³/mol. The first-order chi connectivity index (χ1) is 8.69. The molecule has 0 aliphatic heterocycles. The lowest BCUT2D eigenvalue weighted by Gasteiger charge is -2.19. The van der Waals surface area contributed by atoms with Gasteiger partial charge < -0.3 is 14.8 Å². The highest BCUT2D eigenvalue weighted by atomic mass is 19.3. The molecule has 0 aliphatic carbocycles. The van der Waals surface area contributed by atoms with Crippen LogP contribution in [0.25, 0.3) is 0 Å². The molecular weight excluding hydrogens is 240 g/mol. The molecule has 0 bridgehead atoms. The quantitative estimate of drug-likeness (QED) is 0.728. The van der Waals surface area contributed by atoms with Crippen molar-refractivity contribution in [2.24, 2.45) is 0 Å². The maximum atomic E-state index is 11.9. The predicted octanol–water partition coefficient (Wildman–Crippen LogP) is 2.63. The molecule has 3 nitrogen and oxygen atoms in total. The molecule has 18 heavy (non-hydrogen) atoms. The Kier molecular flexibility index (Phi) is 6.60. The Balaban J connectivity index is 2.54. The number of nitrogens with one attached hydrogen (secondary N) is 1. The standard InChI is InChI=1S/C13H19F2NO2/c1-16-11(7-8-18-9-13(14)15)10-5-3-4-6-12(10)17-2/h3-6,11,13,16H,7-9H2,1-2H3. The summed E-state index contributed by atoms with van der Waals surface area (Å²) in [6.07, 6.45) is -1.80. The third kappa shape index (κ3) is 4.58. The van der Waals surface area contributed by atoms with E-state index in [0.29, 0.717) is 6.42 Å². The lowest BCUT2D eigenvalue weighted by molar-refractivity contribution is 0.0145. The molecule has 102 valence electrons. The Bertz CT molecular complexity index is 348. The van der Waals surface area contributed by atoms with Gasteiger partial charge in [0.05, 0.1) is 7.11 Å². The smallest absolute Gasteiger partial charge is 0.261 e. The molecule has 0 amide bonds. The van der Waals surface area contributed by atoms with Crippen LogP contribution in [-0.2, 0) is 4.74 Å². The highest BCUT2D eigenvalue weighted by Crippen LogP contribution is 2.26. The number of alkyl halides is 2. The number of hydrogen-bond donors (Lipinski definition) is 1. The second-order valence-corrected chi connectivity index (χ2v) is 3.84. The van der Waals surface area contributed by atoms with Gasteiger partial charge in [-0.15, -0.1) is 0 Å². The summed E-state index contributed by atoms with van der Waals surface area (Å²) in [6, 6.07) is 7.66. The van der Waals surface area contributed by atoms with Gasteiger partial charge in [-0.1, -0.05) is 18.2 Å². The van der Waals surface area contributed by atoms with Gasteiger partial charge in [0.15, 0.2) is 0 Å². The van der Waals surface area contributed by atoms with E-state index in [0.717, 1.165) is 11.3 Å². The molecule has 0 heterocycles. The number of ether oxygens (including phenoxy) is 2. The lowest BCUT2D eigenvalue weighted by atomic mass is 10.0. The van der Waals surface area contributed by atoms with Gasteiger partial charge in [-0.25, -0.2) is 8.78 Å². The third-order valence-corrected chi connectivity index (χ3v) is 2.66. The van der Waals surface area contributed by atoms with Gasteiger partial charge in [0.1, 0.15) is 12.4 Å². The van der Waals surface area contributed by atoms with Crippen LogP contribution in [0.15, 0.2) is 24.3 Å². The van der Waals surface area contributed by atoms with Gasteiger partial charge in [0, 0.05) is 18.2 Å². The summed E-state index contributed by atoms with van der Waals surface area (Å²) >= 11 is 0. The van der Waals surface area contributed by atoms with E-state index < -0.39 is 13.0 Å². The van der Waals surface area contributed by atoms with Crippen molar-refractivity contribution in [3.63, 3.8) is 0 Å². The molecule has 1 unspecified atom stereocenters. The fourth-order valence-electron chi connectivity index (χ4n) is 1.78. The van der Waals surface area contributed by atoms with Gasteiger partial charge in [0.2, 0.25) is 0 Å². The van der Waals surface area contributed by atoms with Crippen LogP contribution < -0.4 is 10.1 Å². The molecule has 1 aromatic carbocycles. The van der Waals surface area contributed by atoms with Crippen LogP contribution in [0.1, 0.15) is 18.0 Å². The highest BCUT2D eigenvalue weighted by molar-refractivity contribution is 5.35. The van der Waals surface area contributed by atoms with Crippen molar-refractivity contribution in [3.05, 3.63) is 29.8 Å². The minimum atomic E-state index is -2.41. The van der Waals surface area contributed by atoms with Crippen LogP contribution in [0, 0.1) is 0 Å². The number of hydrogen-bond acceptors (Lipinski definition) is 3. The SMILES string of the molecule is CNC(CCOCC(F)F)c1ccccc1OC. The van der Waals surface area contributed by atoms with Crippen molar-refractivity contribution >= 4 is 0 Å². The van der Waals surface area contributed by atoms with Gasteiger partial charge in [0.25, 0.3) is 6.43 Å². The van der Waals surface area contributed by atoms with E-state index in [1.807, 2.05) is 31.3 Å². The van der Waals surface area contributed by atoms with Crippen LogP contribution in [0.5, 0.6) is 5.75 Å². The summed E-state index contributed by atoms with van der Waals surface area (Å²) in [7, 11) is 3.43.